The Bertz CT molecular complexity index is 1870. The summed E-state index contributed by atoms with van der Waals surface area (Å²) in [6.45, 7) is 0. The summed E-state index contributed by atoms with van der Waals surface area (Å²) in [5.41, 5.74) is 6.11. The second-order valence-electron chi connectivity index (χ2n) is 22.1. The van der Waals surface area contributed by atoms with Gasteiger partial charge >= 0.3 is 0 Å². The minimum Gasteiger partial charge on any atom is -0.286 e. The van der Waals surface area contributed by atoms with Crippen molar-refractivity contribution in [1.82, 2.24) is 42.5 Å². The fourth-order valence-corrected chi connectivity index (χ4v) is 16.1. The molecule has 64 heavy (non-hydrogen) atoms. The topological polar surface area (TPSA) is 96.2 Å². The normalized spacial score (nSPS) is 44.9. The average molecular weight is 857 g/mol. The van der Waals surface area contributed by atoms with E-state index < -0.39 is 0 Å². The summed E-state index contributed by atoms with van der Waals surface area (Å²) in [5, 5.41) is 35.2. The Balaban J connectivity index is 0.852. The van der Waals surface area contributed by atoms with Crippen molar-refractivity contribution in [1.29, 1.82) is 0 Å². The number of hydrogen-bond donors (Lipinski definition) is 8. The van der Waals surface area contributed by atoms with Gasteiger partial charge in [0.1, 0.15) is 0 Å². The Morgan fingerprint density at radius 3 is 0.609 bits per heavy atom. The molecule has 5 aliphatic heterocycles. The van der Waals surface area contributed by atoms with Gasteiger partial charge in [0.25, 0.3) is 0 Å². The van der Waals surface area contributed by atoms with Gasteiger partial charge in [-0.15, -0.1) is 0 Å². The highest BCUT2D eigenvalue weighted by atomic mass is 15.4. The third-order valence-electron chi connectivity index (χ3n) is 19.2. The summed E-state index contributed by atoms with van der Waals surface area (Å²) in [4.78, 5) is 0. The first kappa shape index (κ1) is 40.8. The molecule has 4 aromatic rings. The fourth-order valence-electron chi connectivity index (χ4n) is 16.1. The molecule has 4 aliphatic carbocycles. The van der Waals surface area contributed by atoms with Gasteiger partial charge in [-0.1, -0.05) is 121 Å². The molecule has 0 spiro atoms. The number of benzene rings is 4. The van der Waals surface area contributed by atoms with Crippen LogP contribution < -0.4 is 42.5 Å². The van der Waals surface area contributed by atoms with E-state index in [1.807, 2.05) is 0 Å². The third-order valence-corrected chi connectivity index (χ3v) is 19.2. The van der Waals surface area contributed by atoms with Crippen LogP contribution in [0, 0.1) is 47.3 Å². The highest BCUT2D eigenvalue weighted by Gasteiger charge is 2.56. The van der Waals surface area contributed by atoms with E-state index in [4.69, 9.17) is 0 Å². The molecule has 13 rings (SSSR count). The quantitative estimate of drug-likeness (QED) is 0.104. The van der Waals surface area contributed by atoms with E-state index in [0.717, 1.165) is 0 Å². The van der Waals surface area contributed by atoms with E-state index in [-0.39, 0.29) is 49.3 Å². The van der Waals surface area contributed by atoms with E-state index in [0.29, 0.717) is 71.0 Å². The molecule has 5 heterocycles. The highest BCUT2D eigenvalue weighted by molar-refractivity contribution is 5.26. The Hall–Kier alpha value is -3.44. The minimum atomic E-state index is 0.252. The van der Waals surface area contributed by atoms with Gasteiger partial charge in [-0.25, -0.2) is 0 Å². The zero-order chi connectivity index (χ0) is 42.1. The van der Waals surface area contributed by atoms with Crippen molar-refractivity contribution < 1.29 is 0 Å². The molecule has 5 saturated heterocycles. The van der Waals surface area contributed by atoms with Crippen molar-refractivity contribution >= 4 is 0 Å². The lowest BCUT2D eigenvalue weighted by Crippen LogP contribution is -2.61. The highest BCUT2D eigenvalue weighted by Crippen LogP contribution is 2.51. The molecule has 4 saturated carbocycles. The zero-order valence-electron chi connectivity index (χ0n) is 37.6. The molecule has 4 aromatic carbocycles. The van der Waals surface area contributed by atoms with Crippen LogP contribution >= 0.6 is 0 Å². The lowest BCUT2D eigenvalue weighted by atomic mass is 9.70. The lowest BCUT2D eigenvalue weighted by molar-refractivity contribution is 0.152. The molecule has 8 heteroatoms. The Kier molecular flexibility index (Phi) is 11.0. The second kappa shape index (κ2) is 17.3. The number of nitrogens with one attached hydrogen (secondary N) is 8. The standard InChI is InChI=1S/C56H72N8/c1-5-13-33(14-6-1)37-21-25-41-45(29-37)53-59-49(41)57-50-43-27-23-39(35-17-9-3-10-18-35)31-47(43)55(61-50)64-56-48-32-40(36-19-11-4-12-20-36)24-28-44(48)52(62-56)58-51-42-26-22-38(34-15-7-2-8-16-34)30-46(42)54(60-51)63-53/h1-20,37-64H,21-32H2. The first-order chi connectivity index (χ1) is 31.7. The molecule has 9 aliphatic rings. The lowest BCUT2D eigenvalue weighted by Gasteiger charge is -2.39. The minimum absolute atomic E-state index is 0.252. The van der Waals surface area contributed by atoms with Crippen LogP contribution in [0.25, 0.3) is 0 Å². The van der Waals surface area contributed by atoms with Crippen molar-refractivity contribution in [2.24, 2.45) is 47.3 Å². The second-order valence-corrected chi connectivity index (χ2v) is 22.1. The molecule has 8 N–H and O–H groups in total. The van der Waals surface area contributed by atoms with Gasteiger partial charge in [0.15, 0.2) is 0 Å². The molecule has 8 nitrogen and oxygen atoms in total. The van der Waals surface area contributed by atoms with Crippen LogP contribution in [-0.2, 0) is 0 Å². The van der Waals surface area contributed by atoms with Gasteiger partial charge in [-0.2, -0.15) is 0 Å². The molecular weight excluding hydrogens is 785 g/mol. The smallest absolute Gasteiger partial charge is 0.0628 e. The van der Waals surface area contributed by atoms with E-state index in [9.17, 15) is 0 Å². The van der Waals surface area contributed by atoms with E-state index in [1.165, 1.54) is 99.3 Å². The van der Waals surface area contributed by atoms with Gasteiger partial charge in [-0.05, 0) is 170 Å². The van der Waals surface area contributed by atoms with Crippen molar-refractivity contribution in [3.63, 3.8) is 0 Å². The average Bonchev–Trinajstić information content (AvgIpc) is 4.10. The SMILES string of the molecule is c1ccc(C2CCC3C4NC5NC(NC6NC(NC7NC(NC(N4)C3C2)C2CC(c3ccccc3)CCC72)C2CCC(c3ccccc3)CC62)C2CC(c3ccccc3)CCC52)cc1. The number of hydrogen-bond acceptors (Lipinski definition) is 8. The molecule has 9 fully saturated rings. The zero-order valence-corrected chi connectivity index (χ0v) is 37.6. The summed E-state index contributed by atoms with van der Waals surface area (Å²) >= 11 is 0. The van der Waals surface area contributed by atoms with E-state index in [2.05, 4.69) is 164 Å². The van der Waals surface area contributed by atoms with Crippen LogP contribution in [0.2, 0.25) is 0 Å². The van der Waals surface area contributed by atoms with Gasteiger partial charge in [0.05, 0.1) is 49.3 Å². The molecule has 20 unspecified atom stereocenters. The maximum Gasteiger partial charge on any atom is 0.0628 e. The largest absolute Gasteiger partial charge is 0.286 e. The van der Waals surface area contributed by atoms with Crippen LogP contribution in [0.5, 0.6) is 0 Å². The third kappa shape index (κ3) is 7.53. The first-order valence-corrected chi connectivity index (χ1v) is 25.9. The van der Waals surface area contributed by atoms with Gasteiger partial charge in [0, 0.05) is 0 Å². The Morgan fingerprint density at radius 2 is 0.406 bits per heavy atom. The molecule has 0 amide bonds. The fraction of sp³-hybridized carbons (Fsp3) is 0.571. The molecule has 20 atom stereocenters. The predicted molar refractivity (Wildman–Crippen MR) is 255 cm³/mol. The summed E-state index contributed by atoms with van der Waals surface area (Å²) in [6.07, 6.45) is 17.1. The van der Waals surface area contributed by atoms with Crippen LogP contribution in [0.4, 0.5) is 0 Å². The number of rotatable bonds is 4. The van der Waals surface area contributed by atoms with Crippen LogP contribution in [0.3, 0.4) is 0 Å². The van der Waals surface area contributed by atoms with Crippen molar-refractivity contribution in [2.75, 3.05) is 0 Å². The predicted octanol–water partition coefficient (Wildman–Crippen LogP) is 8.18. The summed E-state index contributed by atoms with van der Waals surface area (Å²) < 4.78 is 0. The summed E-state index contributed by atoms with van der Waals surface area (Å²) in [6, 6.07) is 45.8. The van der Waals surface area contributed by atoms with Crippen molar-refractivity contribution in [3.8, 4) is 0 Å². The summed E-state index contributed by atoms with van der Waals surface area (Å²) in [7, 11) is 0. The van der Waals surface area contributed by atoms with Gasteiger partial charge in [-0.3, -0.25) is 42.5 Å². The molecule has 336 valence electrons. The van der Waals surface area contributed by atoms with Crippen LogP contribution in [-0.4, -0.2) is 49.3 Å². The van der Waals surface area contributed by atoms with Crippen molar-refractivity contribution in [2.45, 2.75) is 150 Å². The number of fused-ring (bicyclic) bond motifs is 20. The Morgan fingerprint density at radius 1 is 0.219 bits per heavy atom. The molecule has 0 aromatic heterocycles. The monoisotopic (exact) mass is 857 g/mol. The Labute approximate surface area is 382 Å². The maximum absolute atomic E-state index is 4.45. The van der Waals surface area contributed by atoms with Crippen molar-refractivity contribution in [3.05, 3.63) is 144 Å². The molecule has 0 radical (unpaired) electrons. The molecule has 8 bridgehead atoms. The van der Waals surface area contributed by atoms with Crippen LogP contribution in [0.15, 0.2) is 121 Å². The first-order valence-electron chi connectivity index (χ1n) is 25.9. The van der Waals surface area contributed by atoms with E-state index in [1.54, 1.807) is 0 Å². The maximum atomic E-state index is 4.45. The summed E-state index contributed by atoms with van der Waals surface area (Å²) in [5.74, 6) is 7.04. The molecular formula is C56H72N8. The van der Waals surface area contributed by atoms with Gasteiger partial charge in [0.2, 0.25) is 0 Å². The van der Waals surface area contributed by atoms with Gasteiger partial charge < -0.3 is 0 Å². The van der Waals surface area contributed by atoms with Crippen LogP contribution in [0.1, 0.15) is 123 Å². The van der Waals surface area contributed by atoms with E-state index >= 15 is 0 Å².